The van der Waals surface area contributed by atoms with Crippen molar-refractivity contribution in [3.8, 4) is 0 Å². The quantitative estimate of drug-likeness (QED) is 0.233. The molecule has 1 unspecified atom stereocenters. The Balaban J connectivity index is 0. The summed E-state index contributed by atoms with van der Waals surface area (Å²) >= 11 is 0. The number of hydrogen-bond acceptors (Lipinski definition) is 4. The van der Waals surface area contributed by atoms with Gasteiger partial charge in [-0.25, -0.2) is 0 Å². The van der Waals surface area contributed by atoms with Gasteiger partial charge in [0, 0.05) is 6.42 Å². The molecule has 0 heterocycles. The van der Waals surface area contributed by atoms with Crippen LogP contribution in [0.15, 0.2) is 0 Å². The zero-order valence-electron chi connectivity index (χ0n) is 16.1. The molecule has 0 bridgehead atoms. The summed E-state index contributed by atoms with van der Waals surface area (Å²) < 4.78 is 4.72. The average Bonchev–Trinajstić information content (AvgIpc) is 2.51. The van der Waals surface area contributed by atoms with Crippen molar-refractivity contribution >= 4 is 11.9 Å². The van der Waals surface area contributed by atoms with E-state index < -0.39 is 18.0 Å². The number of ether oxygens (including phenoxy) is 1. The predicted octanol–water partition coefficient (Wildman–Crippen LogP) is 1.15. The second kappa shape index (κ2) is 19.9. The Labute approximate surface area is 190 Å². The first-order chi connectivity index (χ1) is 11.1. The predicted molar refractivity (Wildman–Crippen MR) is 90.9 cm³/mol. The number of carbonyl (C=O) groups excluding carboxylic acids is 2. The fraction of sp³-hybridized carbons (Fsp3) is 0.895. The standard InChI is InChI=1S/C19H36O4.K/c1-3-4-5-6-7-8-9-10-11-12-13-14-15-16-18(20)23-17(2)19(21)22;/h17H,3-16H2,1-2H3,(H,21,22);/q;+1/p-1. The fourth-order valence-corrected chi connectivity index (χ4v) is 2.59. The van der Waals surface area contributed by atoms with E-state index in [-0.39, 0.29) is 51.4 Å². The van der Waals surface area contributed by atoms with Gasteiger partial charge in [-0.05, 0) is 13.3 Å². The van der Waals surface area contributed by atoms with Gasteiger partial charge in [-0.3, -0.25) is 4.79 Å². The number of carbonyl (C=O) groups is 2. The molecule has 0 aromatic rings. The summed E-state index contributed by atoms with van der Waals surface area (Å²) in [7, 11) is 0. The summed E-state index contributed by atoms with van der Waals surface area (Å²) in [6.07, 6.45) is 15.5. The van der Waals surface area contributed by atoms with Crippen LogP contribution in [0.3, 0.4) is 0 Å². The molecule has 0 N–H and O–H groups in total. The van der Waals surface area contributed by atoms with Crippen LogP contribution in [0.4, 0.5) is 0 Å². The molecular formula is C19H35KO4. The maximum atomic E-state index is 11.3. The van der Waals surface area contributed by atoms with Gasteiger partial charge in [-0.2, -0.15) is 0 Å². The van der Waals surface area contributed by atoms with Crippen molar-refractivity contribution in [2.75, 3.05) is 0 Å². The van der Waals surface area contributed by atoms with Crippen molar-refractivity contribution in [1.29, 1.82) is 0 Å². The van der Waals surface area contributed by atoms with Crippen LogP contribution in [0.1, 0.15) is 104 Å². The molecule has 0 saturated carbocycles. The molecule has 5 heteroatoms. The first-order valence-corrected chi connectivity index (χ1v) is 9.48. The number of carboxylic acid groups (broad SMARTS) is 1. The molecule has 0 amide bonds. The van der Waals surface area contributed by atoms with Gasteiger partial charge in [0.25, 0.3) is 0 Å². The number of aliphatic carboxylic acids is 1. The average molecular weight is 367 g/mol. The van der Waals surface area contributed by atoms with E-state index in [2.05, 4.69) is 6.92 Å². The van der Waals surface area contributed by atoms with Gasteiger partial charge in [-0.15, -0.1) is 0 Å². The monoisotopic (exact) mass is 366 g/mol. The summed E-state index contributed by atoms with van der Waals surface area (Å²) in [6.45, 7) is 3.56. The smallest absolute Gasteiger partial charge is 0.546 e. The fourth-order valence-electron chi connectivity index (χ4n) is 2.59. The molecule has 0 spiro atoms. The van der Waals surface area contributed by atoms with Crippen LogP contribution in [0.2, 0.25) is 0 Å². The molecule has 1 atom stereocenters. The van der Waals surface area contributed by atoms with E-state index >= 15 is 0 Å². The van der Waals surface area contributed by atoms with Crippen molar-refractivity contribution in [1.82, 2.24) is 0 Å². The van der Waals surface area contributed by atoms with E-state index in [1.807, 2.05) is 0 Å². The minimum Gasteiger partial charge on any atom is -0.546 e. The number of esters is 1. The van der Waals surface area contributed by atoms with Gasteiger partial charge in [0.2, 0.25) is 0 Å². The topological polar surface area (TPSA) is 66.4 Å². The van der Waals surface area contributed by atoms with Crippen LogP contribution < -0.4 is 56.5 Å². The molecule has 0 fully saturated rings. The Morgan fingerprint density at radius 3 is 1.54 bits per heavy atom. The van der Waals surface area contributed by atoms with Crippen LogP contribution in [0.25, 0.3) is 0 Å². The van der Waals surface area contributed by atoms with E-state index in [4.69, 9.17) is 4.74 Å². The third-order valence-electron chi connectivity index (χ3n) is 4.12. The van der Waals surface area contributed by atoms with Crippen molar-refractivity contribution in [2.45, 2.75) is 110 Å². The Kier molecular flexibility index (Phi) is 22.2. The van der Waals surface area contributed by atoms with E-state index in [0.29, 0.717) is 6.42 Å². The van der Waals surface area contributed by atoms with Gasteiger partial charge >= 0.3 is 57.4 Å². The minimum atomic E-state index is -1.34. The molecule has 24 heavy (non-hydrogen) atoms. The summed E-state index contributed by atoms with van der Waals surface area (Å²) in [5.74, 6) is -1.78. The Bertz CT molecular complexity index is 308. The van der Waals surface area contributed by atoms with Crippen molar-refractivity contribution in [3.05, 3.63) is 0 Å². The number of rotatable bonds is 16. The largest absolute Gasteiger partial charge is 1.00 e. The molecule has 0 saturated heterocycles. The molecular weight excluding hydrogens is 331 g/mol. The van der Waals surface area contributed by atoms with Gasteiger partial charge in [0.1, 0.15) is 6.10 Å². The second-order valence-corrected chi connectivity index (χ2v) is 6.44. The summed E-state index contributed by atoms with van der Waals surface area (Å²) in [4.78, 5) is 21.8. The van der Waals surface area contributed by atoms with Crippen LogP contribution in [-0.2, 0) is 14.3 Å². The second-order valence-electron chi connectivity index (χ2n) is 6.44. The third-order valence-corrected chi connectivity index (χ3v) is 4.12. The molecule has 0 radical (unpaired) electrons. The first kappa shape index (κ1) is 26.8. The molecule has 136 valence electrons. The van der Waals surface area contributed by atoms with Crippen LogP contribution in [0, 0.1) is 0 Å². The SMILES string of the molecule is CCCCCCCCCCCCCCCC(=O)OC(C)C(=O)[O-].[K+]. The van der Waals surface area contributed by atoms with Crippen LogP contribution in [-0.4, -0.2) is 18.0 Å². The van der Waals surface area contributed by atoms with Crippen molar-refractivity contribution in [3.63, 3.8) is 0 Å². The molecule has 4 nitrogen and oxygen atoms in total. The molecule has 0 aliphatic rings. The number of carboxylic acids is 1. The van der Waals surface area contributed by atoms with Gasteiger partial charge in [-0.1, -0.05) is 84.0 Å². The van der Waals surface area contributed by atoms with Gasteiger partial charge in [0.15, 0.2) is 0 Å². The first-order valence-electron chi connectivity index (χ1n) is 9.48. The normalized spacial score (nSPS) is 11.6. The zero-order chi connectivity index (χ0) is 17.3. The Morgan fingerprint density at radius 2 is 1.17 bits per heavy atom. The molecule has 0 aromatic carbocycles. The minimum absolute atomic E-state index is 0. The molecule has 0 rings (SSSR count). The van der Waals surface area contributed by atoms with E-state index in [0.717, 1.165) is 19.3 Å². The van der Waals surface area contributed by atoms with Crippen molar-refractivity contribution < 1.29 is 70.8 Å². The third kappa shape index (κ3) is 18.9. The summed E-state index contributed by atoms with van der Waals surface area (Å²) in [5, 5.41) is 10.4. The van der Waals surface area contributed by atoms with E-state index in [9.17, 15) is 14.7 Å². The summed E-state index contributed by atoms with van der Waals surface area (Å²) in [6, 6.07) is 0. The number of unbranched alkanes of at least 4 members (excludes halogenated alkanes) is 12. The Morgan fingerprint density at radius 1 is 0.792 bits per heavy atom. The Hall–Kier alpha value is 0.576. The van der Waals surface area contributed by atoms with Crippen LogP contribution >= 0.6 is 0 Å². The molecule has 0 aliphatic heterocycles. The number of hydrogen-bond donors (Lipinski definition) is 0. The zero-order valence-corrected chi connectivity index (χ0v) is 19.2. The summed E-state index contributed by atoms with van der Waals surface area (Å²) in [5.41, 5.74) is 0. The van der Waals surface area contributed by atoms with E-state index in [1.165, 1.54) is 71.1 Å². The maximum Gasteiger partial charge on any atom is 1.00 e. The van der Waals surface area contributed by atoms with Crippen LogP contribution in [0.5, 0.6) is 0 Å². The molecule has 0 aliphatic carbocycles. The van der Waals surface area contributed by atoms with Gasteiger partial charge < -0.3 is 14.6 Å². The maximum absolute atomic E-state index is 11.3. The van der Waals surface area contributed by atoms with Gasteiger partial charge in [0.05, 0.1) is 5.97 Å². The molecule has 0 aromatic heterocycles. The van der Waals surface area contributed by atoms with E-state index in [1.54, 1.807) is 0 Å². The van der Waals surface area contributed by atoms with Crippen molar-refractivity contribution in [2.24, 2.45) is 0 Å².